The fourth-order valence-electron chi connectivity index (χ4n) is 4.86. The fraction of sp³-hybridized carbons (Fsp3) is 0.375. The first-order valence-electron chi connectivity index (χ1n) is 11.2. The number of guanidine groups is 1. The van der Waals surface area contributed by atoms with E-state index in [1.807, 2.05) is 26.0 Å². The first-order valence-corrected chi connectivity index (χ1v) is 11.6. The monoisotopic (exact) mass is 484 g/mol. The van der Waals surface area contributed by atoms with E-state index in [0.717, 1.165) is 12.8 Å². The Labute approximate surface area is 201 Å². The van der Waals surface area contributed by atoms with Crippen LogP contribution in [0.15, 0.2) is 47.7 Å². The normalized spacial score (nSPS) is 25.5. The minimum atomic E-state index is -0.930. The van der Waals surface area contributed by atoms with Crippen molar-refractivity contribution in [1.29, 1.82) is 0 Å². The van der Waals surface area contributed by atoms with Crippen molar-refractivity contribution in [3.63, 3.8) is 0 Å². The standard InChI is InChI=1S/C24H26ClFN6O2/c1-14-10-16(7-9-34-14)32-21(33)12-24(2,30-23(32)27)17-4-3-5-19(22(17)25)29-15-11-18(26)20-6-8-28-31(20)13-15/h3-6,8,11,13-14,16,29H,7,9-10,12H2,1-2H3,(H2,27,30)/t14?,16?,24-/m0/s1. The fourth-order valence-corrected chi connectivity index (χ4v) is 5.24. The van der Waals surface area contributed by atoms with Crippen molar-refractivity contribution in [3.05, 3.63) is 59.1 Å². The van der Waals surface area contributed by atoms with Crippen molar-refractivity contribution < 1.29 is 13.9 Å². The maximum atomic E-state index is 14.4. The van der Waals surface area contributed by atoms with Gasteiger partial charge in [-0.05, 0) is 38.8 Å². The summed E-state index contributed by atoms with van der Waals surface area (Å²) in [5.74, 6) is -0.298. The molecule has 8 nitrogen and oxygen atoms in total. The van der Waals surface area contributed by atoms with Crippen molar-refractivity contribution in [2.45, 2.75) is 50.8 Å². The van der Waals surface area contributed by atoms with Gasteiger partial charge in [0.2, 0.25) is 5.91 Å². The molecule has 2 aliphatic rings. The summed E-state index contributed by atoms with van der Waals surface area (Å²) in [6.45, 7) is 4.43. The van der Waals surface area contributed by atoms with Crippen LogP contribution in [0.5, 0.6) is 0 Å². The third-order valence-electron chi connectivity index (χ3n) is 6.51. The third-order valence-corrected chi connectivity index (χ3v) is 6.92. The average Bonchev–Trinajstić information content (AvgIpc) is 3.24. The van der Waals surface area contributed by atoms with E-state index in [-0.39, 0.29) is 30.4 Å². The van der Waals surface area contributed by atoms with Gasteiger partial charge >= 0.3 is 0 Å². The summed E-state index contributed by atoms with van der Waals surface area (Å²) < 4.78 is 21.5. The molecular formula is C24H26ClFN6O2. The van der Waals surface area contributed by atoms with E-state index in [4.69, 9.17) is 27.1 Å². The zero-order valence-corrected chi connectivity index (χ0v) is 19.7. The predicted octanol–water partition coefficient (Wildman–Crippen LogP) is 4.20. The van der Waals surface area contributed by atoms with Gasteiger partial charge in [0.15, 0.2) is 11.8 Å². The number of aromatic nitrogens is 2. The maximum Gasteiger partial charge on any atom is 0.232 e. The van der Waals surface area contributed by atoms with Gasteiger partial charge in [-0.3, -0.25) is 9.69 Å². The number of nitrogens with zero attached hydrogens (tertiary/aromatic N) is 4. The number of carbonyl (C=O) groups is 1. The highest BCUT2D eigenvalue weighted by atomic mass is 35.5. The number of halogens is 2. The smallest absolute Gasteiger partial charge is 0.232 e. The van der Waals surface area contributed by atoms with Gasteiger partial charge < -0.3 is 15.8 Å². The van der Waals surface area contributed by atoms with Crippen LogP contribution in [0.3, 0.4) is 0 Å². The van der Waals surface area contributed by atoms with Gasteiger partial charge in [0, 0.05) is 24.3 Å². The second-order valence-corrected chi connectivity index (χ2v) is 9.45. The predicted molar refractivity (Wildman–Crippen MR) is 129 cm³/mol. The lowest BCUT2D eigenvalue weighted by molar-refractivity contribution is -0.133. The Hall–Kier alpha value is -3.17. The van der Waals surface area contributed by atoms with Crippen LogP contribution in [0.1, 0.15) is 38.7 Å². The summed E-state index contributed by atoms with van der Waals surface area (Å²) in [4.78, 5) is 19.6. The van der Waals surface area contributed by atoms with Gasteiger partial charge in [0.1, 0.15) is 5.52 Å². The molecule has 34 heavy (non-hydrogen) atoms. The maximum absolute atomic E-state index is 14.4. The van der Waals surface area contributed by atoms with E-state index in [1.165, 1.54) is 16.8 Å². The molecule has 0 radical (unpaired) electrons. The van der Waals surface area contributed by atoms with Crippen molar-refractivity contribution in [1.82, 2.24) is 14.5 Å². The molecule has 178 valence electrons. The Morgan fingerprint density at radius 3 is 2.94 bits per heavy atom. The minimum absolute atomic E-state index is 0.0277. The largest absolute Gasteiger partial charge is 0.378 e. The van der Waals surface area contributed by atoms with Gasteiger partial charge in [0.05, 0.1) is 46.9 Å². The first kappa shape index (κ1) is 22.6. The van der Waals surface area contributed by atoms with E-state index in [0.29, 0.717) is 34.1 Å². The quantitative estimate of drug-likeness (QED) is 0.578. The lowest BCUT2D eigenvalue weighted by Gasteiger charge is -2.41. The summed E-state index contributed by atoms with van der Waals surface area (Å²) in [5, 5.41) is 7.64. The minimum Gasteiger partial charge on any atom is -0.378 e. The molecule has 2 aliphatic heterocycles. The van der Waals surface area contributed by atoms with Gasteiger partial charge in [0.25, 0.3) is 0 Å². The molecule has 0 aliphatic carbocycles. The SMILES string of the molecule is CC1CC(N2C(=O)C[C@@](C)(c3cccc(Nc4cc(F)c5ccnn5c4)c3Cl)N=C2N)CCO1. The number of benzene rings is 1. The number of hydrogen-bond donors (Lipinski definition) is 2. The highest BCUT2D eigenvalue weighted by Crippen LogP contribution is 2.41. The number of nitrogens with one attached hydrogen (secondary N) is 1. The Morgan fingerprint density at radius 1 is 1.35 bits per heavy atom. The summed E-state index contributed by atoms with van der Waals surface area (Å²) >= 11 is 6.79. The Morgan fingerprint density at radius 2 is 2.18 bits per heavy atom. The van der Waals surface area contributed by atoms with Crippen molar-refractivity contribution in [2.75, 3.05) is 11.9 Å². The lowest BCUT2D eigenvalue weighted by Crippen LogP contribution is -2.56. The van der Waals surface area contributed by atoms with E-state index >= 15 is 0 Å². The van der Waals surface area contributed by atoms with Crippen LogP contribution >= 0.6 is 11.6 Å². The van der Waals surface area contributed by atoms with Crippen LogP contribution in [0, 0.1) is 5.82 Å². The topological polar surface area (TPSA) is 97.2 Å². The number of ether oxygens (including phenoxy) is 1. The molecular weight excluding hydrogens is 459 g/mol. The molecule has 1 amide bonds. The number of carbonyl (C=O) groups excluding carboxylic acids is 1. The van der Waals surface area contributed by atoms with Crippen LogP contribution in [0.25, 0.3) is 5.52 Å². The van der Waals surface area contributed by atoms with E-state index in [9.17, 15) is 9.18 Å². The van der Waals surface area contributed by atoms with Gasteiger partial charge in [-0.2, -0.15) is 5.10 Å². The van der Waals surface area contributed by atoms with Gasteiger partial charge in [-0.1, -0.05) is 23.7 Å². The van der Waals surface area contributed by atoms with Crippen molar-refractivity contribution in [3.8, 4) is 0 Å². The van der Waals surface area contributed by atoms with Crippen LogP contribution in [0.2, 0.25) is 5.02 Å². The molecule has 0 saturated carbocycles. The van der Waals surface area contributed by atoms with Crippen molar-refractivity contribution in [2.24, 2.45) is 10.7 Å². The molecule has 0 bridgehead atoms. The molecule has 0 spiro atoms. The van der Waals surface area contributed by atoms with Crippen LogP contribution in [0.4, 0.5) is 15.8 Å². The van der Waals surface area contributed by atoms with Crippen LogP contribution in [-0.2, 0) is 15.1 Å². The molecule has 3 N–H and O–H groups in total. The highest BCUT2D eigenvalue weighted by Gasteiger charge is 2.42. The lowest BCUT2D eigenvalue weighted by atomic mass is 9.86. The zero-order chi connectivity index (χ0) is 24.0. The number of aliphatic imine (C=N–C) groups is 1. The molecule has 1 saturated heterocycles. The molecule has 1 aromatic carbocycles. The van der Waals surface area contributed by atoms with Gasteiger partial charge in [-0.15, -0.1) is 0 Å². The first-order chi connectivity index (χ1) is 16.2. The summed E-state index contributed by atoms with van der Waals surface area (Å²) in [5.41, 5.74) is 7.50. The van der Waals surface area contributed by atoms with Crippen LogP contribution in [-0.4, -0.2) is 45.1 Å². The van der Waals surface area contributed by atoms with E-state index in [1.54, 1.807) is 23.2 Å². The molecule has 3 aromatic rings. The van der Waals surface area contributed by atoms with E-state index < -0.39 is 11.4 Å². The molecule has 2 unspecified atom stereocenters. The molecule has 2 aromatic heterocycles. The molecule has 10 heteroatoms. The Kier molecular flexibility index (Phi) is 5.69. The number of nitrogens with two attached hydrogens (primary N) is 1. The molecule has 3 atom stereocenters. The van der Waals surface area contributed by atoms with Crippen LogP contribution < -0.4 is 11.1 Å². The second kappa shape index (κ2) is 8.56. The average molecular weight is 485 g/mol. The Bertz CT molecular complexity index is 1290. The highest BCUT2D eigenvalue weighted by molar-refractivity contribution is 6.34. The van der Waals surface area contributed by atoms with E-state index in [2.05, 4.69) is 10.4 Å². The third kappa shape index (κ3) is 3.99. The summed E-state index contributed by atoms with van der Waals surface area (Å²) in [7, 11) is 0. The molecule has 5 rings (SSSR count). The number of pyridine rings is 1. The number of anilines is 2. The number of hydrogen-bond acceptors (Lipinski definition) is 6. The van der Waals surface area contributed by atoms with Gasteiger partial charge in [-0.25, -0.2) is 13.9 Å². The number of fused-ring (bicyclic) bond motifs is 1. The number of rotatable bonds is 4. The Balaban J connectivity index is 1.45. The zero-order valence-electron chi connectivity index (χ0n) is 19.0. The molecule has 4 heterocycles. The summed E-state index contributed by atoms with van der Waals surface area (Å²) in [6, 6.07) is 8.39. The summed E-state index contributed by atoms with van der Waals surface area (Å²) in [6.07, 6.45) is 4.85. The second-order valence-electron chi connectivity index (χ2n) is 9.07. The molecule has 1 fully saturated rings. The van der Waals surface area contributed by atoms with Crippen molar-refractivity contribution >= 4 is 40.4 Å². The number of amides is 1.